The number of aromatic nitrogens is 1. The average Bonchev–Trinajstić information content (AvgIpc) is 2.77. The van der Waals surface area contributed by atoms with E-state index in [9.17, 15) is 9.59 Å². The summed E-state index contributed by atoms with van der Waals surface area (Å²) in [7, 11) is 0. The molecule has 0 aliphatic carbocycles. The first-order valence-corrected chi connectivity index (χ1v) is 9.27. The van der Waals surface area contributed by atoms with Crippen LogP contribution < -0.4 is 11.1 Å². The van der Waals surface area contributed by atoms with Gasteiger partial charge in [-0.25, -0.2) is 0 Å². The van der Waals surface area contributed by atoms with E-state index >= 15 is 0 Å². The van der Waals surface area contributed by atoms with Gasteiger partial charge in [0.05, 0.1) is 6.04 Å². The van der Waals surface area contributed by atoms with Crippen molar-refractivity contribution in [3.8, 4) is 11.1 Å². The number of hydrogen-bond acceptors (Lipinski definition) is 5. The van der Waals surface area contributed by atoms with Crippen LogP contribution in [-0.4, -0.2) is 23.4 Å². The van der Waals surface area contributed by atoms with Gasteiger partial charge in [-0.3, -0.25) is 14.6 Å². The van der Waals surface area contributed by atoms with Crippen molar-refractivity contribution in [3.63, 3.8) is 0 Å². The minimum atomic E-state index is -0.242. The summed E-state index contributed by atoms with van der Waals surface area (Å²) in [6.45, 7) is 1.98. The minimum absolute atomic E-state index is 0.231. The standard InChI is InChI=1S/C23H22N4O2/c1-2-22(27-23(29)17-6-7-21(25)18(9-17)11-24)20-10-19(12-26-13-20)16-5-3-4-15(8-16)14-28/h3-14,22,24H,2,25H2,1H3,(H,27,29). The Labute approximate surface area is 169 Å². The molecule has 0 aliphatic heterocycles. The van der Waals surface area contributed by atoms with Crippen LogP contribution in [0, 0.1) is 5.41 Å². The number of aldehydes is 1. The summed E-state index contributed by atoms with van der Waals surface area (Å²) in [5, 5.41) is 10.4. The number of nitrogens with two attached hydrogens (primary N) is 1. The van der Waals surface area contributed by atoms with Crippen LogP contribution in [0.1, 0.15) is 51.2 Å². The van der Waals surface area contributed by atoms with E-state index < -0.39 is 0 Å². The lowest BCUT2D eigenvalue weighted by molar-refractivity contribution is 0.0935. The normalized spacial score (nSPS) is 11.5. The Morgan fingerprint density at radius 2 is 2.00 bits per heavy atom. The summed E-state index contributed by atoms with van der Waals surface area (Å²) in [6.07, 6.45) is 6.08. The van der Waals surface area contributed by atoms with E-state index in [1.807, 2.05) is 25.1 Å². The second-order valence-corrected chi connectivity index (χ2v) is 6.67. The van der Waals surface area contributed by atoms with Crippen molar-refractivity contribution in [1.82, 2.24) is 10.3 Å². The molecule has 146 valence electrons. The number of amides is 1. The fourth-order valence-corrected chi connectivity index (χ4v) is 3.10. The third-order valence-corrected chi connectivity index (χ3v) is 4.74. The van der Waals surface area contributed by atoms with Gasteiger partial charge in [-0.2, -0.15) is 0 Å². The lowest BCUT2D eigenvalue weighted by Gasteiger charge is -2.18. The molecule has 1 heterocycles. The number of rotatable bonds is 7. The van der Waals surface area contributed by atoms with Crippen molar-refractivity contribution >= 4 is 24.1 Å². The van der Waals surface area contributed by atoms with Crippen LogP contribution in [0.3, 0.4) is 0 Å². The van der Waals surface area contributed by atoms with E-state index in [1.54, 1.807) is 42.7 Å². The summed E-state index contributed by atoms with van der Waals surface area (Å²) < 4.78 is 0. The number of anilines is 1. The second kappa shape index (κ2) is 8.93. The Balaban J connectivity index is 1.85. The van der Waals surface area contributed by atoms with Gasteiger partial charge in [0, 0.05) is 46.5 Å². The fourth-order valence-electron chi connectivity index (χ4n) is 3.10. The molecule has 3 aromatic rings. The highest BCUT2D eigenvalue weighted by Gasteiger charge is 2.16. The van der Waals surface area contributed by atoms with Crippen molar-refractivity contribution < 1.29 is 9.59 Å². The third kappa shape index (κ3) is 4.55. The maximum Gasteiger partial charge on any atom is 0.251 e. The summed E-state index contributed by atoms with van der Waals surface area (Å²) in [5.41, 5.74) is 10.4. The number of nitrogens with zero attached hydrogens (tertiary/aromatic N) is 1. The van der Waals surface area contributed by atoms with E-state index in [4.69, 9.17) is 11.1 Å². The van der Waals surface area contributed by atoms with Crippen LogP contribution >= 0.6 is 0 Å². The summed E-state index contributed by atoms with van der Waals surface area (Å²) >= 11 is 0. The largest absolute Gasteiger partial charge is 0.398 e. The van der Waals surface area contributed by atoms with Gasteiger partial charge in [0.15, 0.2) is 0 Å². The second-order valence-electron chi connectivity index (χ2n) is 6.67. The highest BCUT2D eigenvalue weighted by Crippen LogP contribution is 2.25. The molecule has 1 atom stereocenters. The van der Waals surface area contributed by atoms with Crippen LogP contribution in [0.25, 0.3) is 11.1 Å². The topological polar surface area (TPSA) is 109 Å². The molecule has 0 saturated heterocycles. The lowest BCUT2D eigenvalue weighted by atomic mass is 9.99. The first-order chi connectivity index (χ1) is 14.0. The van der Waals surface area contributed by atoms with Gasteiger partial charge < -0.3 is 16.5 Å². The number of benzene rings is 2. The van der Waals surface area contributed by atoms with Crippen molar-refractivity contribution in [2.75, 3.05) is 5.73 Å². The molecule has 29 heavy (non-hydrogen) atoms. The maximum atomic E-state index is 12.7. The average molecular weight is 386 g/mol. The number of carbonyl (C=O) groups is 2. The maximum absolute atomic E-state index is 12.7. The predicted molar refractivity (Wildman–Crippen MR) is 114 cm³/mol. The number of hydrogen-bond donors (Lipinski definition) is 3. The highest BCUT2D eigenvalue weighted by atomic mass is 16.1. The van der Waals surface area contributed by atoms with E-state index in [-0.39, 0.29) is 11.9 Å². The van der Waals surface area contributed by atoms with Crippen LogP contribution in [0.15, 0.2) is 60.9 Å². The van der Waals surface area contributed by atoms with Gasteiger partial charge in [-0.15, -0.1) is 0 Å². The molecule has 1 amide bonds. The molecule has 1 unspecified atom stereocenters. The zero-order valence-corrected chi connectivity index (χ0v) is 16.1. The molecule has 3 rings (SSSR count). The van der Waals surface area contributed by atoms with Crippen LogP contribution in [-0.2, 0) is 0 Å². The number of nitrogens with one attached hydrogen (secondary N) is 2. The molecule has 0 spiro atoms. The molecule has 0 fully saturated rings. The summed E-state index contributed by atoms with van der Waals surface area (Å²) in [6, 6.07) is 13.9. The number of carbonyl (C=O) groups excluding carboxylic acids is 2. The molecule has 0 radical (unpaired) electrons. The van der Waals surface area contributed by atoms with E-state index in [0.29, 0.717) is 28.8 Å². The molecule has 6 nitrogen and oxygen atoms in total. The Kier molecular flexibility index (Phi) is 6.14. The number of pyridine rings is 1. The fraction of sp³-hybridized carbons (Fsp3) is 0.130. The molecule has 1 aromatic heterocycles. The smallest absolute Gasteiger partial charge is 0.251 e. The number of nitrogen functional groups attached to an aromatic ring is 1. The lowest BCUT2D eigenvalue weighted by Crippen LogP contribution is -2.28. The zero-order valence-electron chi connectivity index (χ0n) is 16.1. The zero-order chi connectivity index (χ0) is 20.8. The van der Waals surface area contributed by atoms with Gasteiger partial charge in [0.1, 0.15) is 6.29 Å². The molecule has 4 N–H and O–H groups in total. The van der Waals surface area contributed by atoms with Gasteiger partial charge in [0.25, 0.3) is 5.91 Å². The summed E-state index contributed by atoms with van der Waals surface area (Å²) in [5.74, 6) is -0.242. The Hall–Kier alpha value is -3.80. The molecular weight excluding hydrogens is 364 g/mol. The predicted octanol–water partition coefficient (Wildman–Crippen LogP) is 4.02. The molecule has 0 bridgehead atoms. The van der Waals surface area contributed by atoms with Crippen LogP contribution in [0.4, 0.5) is 5.69 Å². The van der Waals surface area contributed by atoms with Gasteiger partial charge in [-0.05, 0) is 47.9 Å². The highest BCUT2D eigenvalue weighted by molar-refractivity contribution is 5.97. The van der Waals surface area contributed by atoms with Crippen molar-refractivity contribution in [2.45, 2.75) is 19.4 Å². The molecule has 0 saturated carbocycles. The molecule has 2 aromatic carbocycles. The first kappa shape index (κ1) is 19.9. The van der Waals surface area contributed by atoms with Gasteiger partial charge in [0.2, 0.25) is 0 Å². The van der Waals surface area contributed by atoms with Gasteiger partial charge in [-0.1, -0.05) is 25.1 Å². The monoisotopic (exact) mass is 386 g/mol. The molecule has 0 aliphatic rings. The SMILES string of the molecule is CCC(NC(=O)c1ccc(N)c(C=N)c1)c1cncc(-c2cccc(C=O)c2)c1. The van der Waals surface area contributed by atoms with E-state index in [2.05, 4.69) is 10.3 Å². The van der Waals surface area contributed by atoms with Gasteiger partial charge >= 0.3 is 0 Å². The molecule has 6 heteroatoms. The van der Waals surface area contributed by atoms with Crippen molar-refractivity contribution in [2.24, 2.45) is 0 Å². The Bertz CT molecular complexity index is 1060. The Morgan fingerprint density at radius 1 is 1.17 bits per heavy atom. The van der Waals surface area contributed by atoms with Crippen LogP contribution in [0.2, 0.25) is 0 Å². The first-order valence-electron chi connectivity index (χ1n) is 9.27. The van der Waals surface area contributed by atoms with Crippen molar-refractivity contribution in [1.29, 1.82) is 5.41 Å². The third-order valence-electron chi connectivity index (χ3n) is 4.74. The van der Waals surface area contributed by atoms with E-state index in [1.165, 1.54) is 0 Å². The summed E-state index contributed by atoms with van der Waals surface area (Å²) in [4.78, 5) is 28.1. The Morgan fingerprint density at radius 3 is 2.72 bits per heavy atom. The minimum Gasteiger partial charge on any atom is -0.398 e. The van der Waals surface area contributed by atoms with Crippen LogP contribution in [0.5, 0.6) is 0 Å². The van der Waals surface area contributed by atoms with E-state index in [0.717, 1.165) is 29.2 Å². The van der Waals surface area contributed by atoms with Crippen molar-refractivity contribution in [3.05, 3.63) is 83.2 Å². The quantitative estimate of drug-likeness (QED) is 0.324. The molecular formula is C23H22N4O2.